The molecular formula is C15H28O7P2. The quantitative estimate of drug-likeness (QED) is 0.421. The number of hydrogen-bond acceptors (Lipinski definition) is 7. The first-order valence-electron chi connectivity index (χ1n) is 8.88. The van der Waals surface area contributed by atoms with Crippen molar-refractivity contribution >= 4 is 15.2 Å². The minimum Gasteiger partial charge on any atom is -0.369 e. The number of ether oxygens (including phenoxy) is 1. The molecule has 3 fully saturated rings. The van der Waals surface area contributed by atoms with Crippen LogP contribution < -0.4 is 0 Å². The molecule has 0 amide bonds. The molecule has 7 nitrogen and oxygen atoms in total. The zero-order chi connectivity index (χ0) is 17.5. The standard InChI is InChI=1S/C15H28O7P2/c1-5-18-23(16,19-6-2)14-10-9-11(13-12(10)22-13)15(14)24(17,20-7-3)21-8-4/h10-15H,5-9H2,1-4H3/t10-,11+,12+,13-,14+,15-. The zero-order valence-corrected chi connectivity index (χ0v) is 16.5. The highest BCUT2D eigenvalue weighted by atomic mass is 31.2. The summed E-state index contributed by atoms with van der Waals surface area (Å²) in [5.41, 5.74) is -0.981. The highest BCUT2D eigenvalue weighted by Crippen LogP contribution is 2.77. The second-order valence-electron chi connectivity index (χ2n) is 6.36. The SMILES string of the molecule is CCOP(=O)(OCC)[C@@H]1[C@H]2C[C@H]([C@@H]3O[C@H]23)[C@@H]1P(=O)(OCC)OCC. The molecule has 0 spiro atoms. The monoisotopic (exact) mass is 382 g/mol. The summed E-state index contributed by atoms with van der Waals surface area (Å²) in [6.07, 6.45) is 0.989. The Hall–Kier alpha value is 0.260. The maximum Gasteiger partial charge on any atom is 0.335 e. The first-order valence-corrected chi connectivity index (χ1v) is 12.1. The van der Waals surface area contributed by atoms with Crippen LogP contribution in [0.1, 0.15) is 34.1 Å². The molecule has 0 aromatic heterocycles. The normalized spacial score (nSPS) is 37.7. The lowest BCUT2D eigenvalue weighted by Crippen LogP contribution is -2.38. The van der Waals surface area contributed by atoms with Crippen molar-refractivity contribution in [2.45, 2.75) is 57.6 Å². The van der Waals surface area contributed by atoms with Crippen LogP contribution in [0.5, 0.6) is 0 Å². The minimum absolute atomic E-state index is 0.0307. The first-order chi connectivity index (χ1) is 11.5. The summed E-state index contributed by atoms with van der Waals surface area (Å²) in [5, 5.41) is 0. The largest absolute Gasteiger partial charge is 0.369 e. The van der Waals surface area contributed by atoms with E-state index in [0.717, 1.165) is 6.42 Å². The number of rotatable bonds is 10. The van der Waals surface area contributed by atoms with Gasteiger partial charge in [-0.25, -0.2) is 0 Å². The van der Waals surface area contributed by atoms with E-state index in [-0.39, 0.29) is 50.5 Å². The smallest absolute Gasteiger partial charge is 0.335 e. The third kappa shape index (κ3) is 2.96. The van der Waals surface area contributed by atoms with Crippen molar-refractivity contribution in [1.82, 2.24) is 0 Å². The average molecular weight is 382 g/mol. The Morgan fingerprint density at radius 3 is 1.38 bits per heavy atom. The lowest BCUT2D eigenvalue weighted by molar-refractivity contribution is 0.187. The van der Waals surface area contributed by atoms with Gasteiger partial charge in [-0.2, -0.15) is 0 Å². The van der Waals surface area contributed by atoms with Gasteiger partial charge < -0.3 is 22.8 Å². The summed E-state index contributed by atoms with van der Waals surface area (Å²) in [6, 6.07) is 0. The maximum atomic E-state index is 13.5. The lowest BCUT2D eigenvalue weighted by Gasteiger charge is -2.36. The first kappa shape index (κ1) is 19.0. The van der Waals surface area contributed by atoms with E-state index in [1.54, 1.807) is 27.7 Å². The van der Waals surface area contributed by atoms with Crippen LogP contribution in [0, 0.1) is 11.8 Å². The van der Waals surface area contributed by atoms with Crippen LogP contribution in [0.3, 0.4) is 0 Å². The molecule has 2 aliphatic carbocycles. The molecule has 0 N–H and O–H groups in total. The Kier molecular flexibility index (Phi) is 5.64. The van der Waals surface area contributed by atoms with E-state index in [2.05, 4.69) is 0 Å². The van der Waals surface area contributed by atoms with E-state index < -0.39 is 26.5 Å². The van der Waals surface area contributed by atoms with E-state index in [1.807, 2.05) is 0 Å². The molecular weight excluding hydrogens is 354 g/mol. The molecule has 2 saturated carbocycles. The van der Waals surface area contributed by atoms with Crippen LogP contribution in [-0.4, -0.2) is 50.0 Å². The third-order valence-electron chi connectivity index (χ3n) is 5.14. The predicted octanol–water partition coefficient (Wildman–Crippen LogP) is 3.67. The molecule has 1 aliphatic heterocycles. The average Bonchev–Trinajstić information content (AvgIpc) is 3.12. The molecule has 0 unspecified atom stereocenters. The topological polar surface area (TPSA) is 83.6 Å². The Bertz CT molecular complexity index is 488. The Morgan fingerprint density at radius 1 is 0.750 bits per heavy atom. The second kappa shape index (κ2) is 7.11. The van der Waals surface area contributed by atoms with Crippen LogP contribution >= 0.6 is 15.2 Å². The van der Waals surface area contributed by atoms with Crippen molar-refractivity contribution < 1.29 is 32.0 Å². The number of epoxide rings is 1. The van der Waals surface area contributed by atoms with Gasteiger partial charge in [0, 0.05) is 11.8 Å². The van der Waals surface area contributed by atoms with Crippen molar-refractivity contribution in [2.75, 3.05) is 26.4 Å². The van der Waals surface area contributed by atoms with Gasteiger partial charge >= 0.3 is 15.2 Å². The molecule has 2 bridgehead atoms. The Morgan fingerprint density at radius 2 is 1.08 bits per heavy atom. The van der Waals surface area contributed by atoms with Gasteiger partial charge in [-0.1, -0.05) is 0 Å². The van der Waals surface area contributed by atoms with Gasteiger partial charge in [-0.05, 0) is 34.1 Å². The number of hydrogen-bond donors (Lipinski definition) is 0. The van der Waals surface area contributed by atoms with E-state index in [1.165, 1.54) is 0 Å². The summed E-state index contributed by atoms with van der Waals surface area (Å²) < 4.78 is 55.1. The summed E-state index contributed by atoms with van der Waals surface area (Å²) in [6.45, 7) is 8.26. The molecule has 140 valence electrons. The Balaban J connectivity index is 1.98. The van der Waals surface area contributed by atoms with Crippen LogP contribution in [-0.2, 0) is 32.0 Å². The molecule has 1 heterocycles. The van der Waals surface area contributed by atoms with E-state index in [4.69, 9.17) is 22.8 Å². The van der Waals surface area contributed by atoms with Gasteiger partial charge in [-0.15, -0.1) is 0 Å². The molecule has 0 aromatic rings. The fourth-order valence-corrected chi connectivity index (χ4v) is 10.5. The molecule has 3 aliphatic rings. The third-order valence-corrected chi connectivity index (χ3v) is 10.7. The number of fused-ring (bicyclic) bond motifs is 5. The molecule has 0 radical (unpaired) electrons. The van der Waals surface area contributed by atoms with Gasteiger partial charge in [0.1, 0.15) is 0 Å². The van der Waals surface area contributed by atoms with Gasteiger partial charge in [0.25, 0.3) is 0 Å². The van der Waals surface area contributed by atoms with Crippen molar-refractivity contribution in [2.24, 2.45) is 11.8 Å². The maximum absolute atomic E-state index is 13.5. The van der Waals surface area contributed by atoms with E-state index in [9.17, 15) is 9.13 Å². The second-order valence-corrected chi connectivity index (χ2v) is 10.7. The zero-order valence-electron chi connectivity index (χ0n) is 14.8. The van der Waals surface area contributed by atoms with Crippen LogP contribution in [0.4, 0.5) is 0 Å². The van der Waals surface area contributed by atoms with Crippen LogP contribution in [0.15, 0.2) is 0 Å². The van der Waals surface area contributed by atoms with Gasteiger partial charge in [0.15, 0.2) is 0 Å². The summed E-state index contributed by atoms with van der Waals surface area (Å²) in [7, 11) is -6.86. The molecule has 1 saturated heterocycles. The summed E-state index contributed by atoms with van der Waals surface area (Å²) >= 11 is 0. The minimum atomic E-state index is -3.43. The van der Waals surface area contributed by atoms with Gasteiger partial charge in [0.05, 0.1) is 50.0 Å². The van der Waals surface area contributed by atoms with Crippen LogP contribution in [0.25, 0.3) is 0 Å². The highest BCUT2D eigenvalue weighted by molar-refractivity contribution is 7.59. The molecule has 24 heavy (non-hydrogen) atoms. The molecule has 9 heteroatoms. The summed E-state index contributed by atoms with van der Waals surface area (Å²) in [4.78, 5) is 0. The molecule has 3 rings (SSSR count). The fraction of sp³-hybridized carbons (Fsp3) is 1.00. The highest BCUT2D eigenvalue weighted by Gasteiger charge is 2.75. The van der Waals surface area contributed by atoms with Crippen molar-refractivity contribution in [1.29, 1.82) is 0 Å². The van der Waals surface area contributed by atoms with Crippen molar-refractivity contribution in [3.63, 3.8) is 0 Å². The van der Waals surface area contributed by atoms with Gasteiger partial charge in [0.2, 0.25) is 0 Å². The lowest BCUT2D eigenvalue weighted by atomic mass is 10.00. The van der Waals surface area contributed by atoms with Crippen molar-refractivity contribution in [3.8, 4) is 0 Å². The van der Waals surface area contributed by atoms with Gasteiger partial charge in [-0.3, -0.25) is 9.13 Å². The molecule has 0 aromatic carbocycles. The predicted molar refractivity (Wildman–Crippen MR) is 89.6 cm³/mol. The Labute approximate surface area is 143 Å². The van der Waals surface area contributed by atoms with Crippen molar-refractivity contribution in [3.05, 3.63) is 0 Å². The summed E-state index contributed by atoms with van der Waals surface area (Å²) in [5.74, 6) is 0.0614. The van der Waals surface area contributed by atoms with E-state index >= 15 is 0 Å². The van der Waals surface area contributed by atoms with Crippen LogP contribution in [0.2, 0.25) is 0 Å². The fourth-order valence-electron chi connectivity index (χ4n) is 4.56. The van der Waals surface area contributed by atoms with E-state index in [0.29, 0.717) is 0 Å². The molecule has 6 atom stereocenters.